The van der Waals surface area contributed by atoms with Crippen molar-refractivity contribution in [3.8, 4) is 0 Å². The molecule has 0 aromatic heterocycles. The zero-order valence-electron chi connectivity index (χ0n) is 6.26. The molecule has 0 amide bonds. The summed E-state index contributed by atoms with van der Waals surface area (Å²) in [4.78, 5) is 0.954. The second-order valence-corrected chi connectivity index (χ2v) is 4.49. The van der Waals surface area contributed by atoms with E-state index in [0.29, 0.717) is 10.0 Å². The van der Waals surface area contributed by atoms with Gasteiger partial charge in [-0.2, -0.15) is 12.6 Å². The van der Waals surface area contributed by atoms with Gasteiger partial charge in [-0.3, -0.25) is 0 Å². The molecule has 0 saturated carbocycles. The maximum absolute atomic E-state index is 5.94. The maximum atomic E-state index is 5.94. The highest BCUT2D eigenvalue weighted by Crippen LogP contribution is 2.33. The van der Waals surface area contributed by atoms with Gasteiger partial charge in [0.05, 0.1) is 10.0 Å². The van der Waals surface area contributed by atoms with Gasteiger partial charge in [0, 0.05) is 10.6 Å². The number of hydrogen-bond donors (Lipinski definition) is 1. The van der Waals surface area contributed by atoms with Crippen molar-refractivity contribution in [2.45, 2.75) is 4.90 Å². The summed E-state index contributed by atoms with van der Waals surface area (Å²) in [5.41, 5.74) is 0. The fraction of sp³-hybridized carbons (Fsp3) is 0.250. The van der Waals surface area contributed by atoms with E-state index in [1.165, 1.54) is 0 Å². The van der Waals surface area contributed by atoms with E-state index in [2.05, 4.69) is 12.6 Å². The van der Waals surface area contributed by atoms with Gasteiger partial charge in [0.15, 0.2) is 0 Å². The Kier molecular flexibility index (Phi) is 4.65. The van der Waals surface area contributed by atoms with Crippen molar-refractivity contribution in [2.75, 3.05) is 11.5 Å². The van der Waals surface area contributed by atoms with E-state index < -0.39 is 0 Å². The van der Waals surface area contributed by atoms with E-state index in [4.69, 9.17) is 23.2 Å². The fourth-order valence-corrected chi connectivity index (χ4v) is 2.47. The molecule has 1 rings (SSSR count). The highest BCUT2D eigenvalue weighted by molar-refractivity contribution is 8.00. The molecule has 66 valence electrons. The monoisotopic (exact) mass is 238 g/mol. The zero-order valence-corrected chi connectivity index (χ0v) is 9.48. The van der Waals surface area contributed by atoms with Crippen LogP contribution in [0.2, 0.25) is 10.0 Å². The second-order valence-electron chi connectivity index (χ2n) is 2.12. The molecule has 0 saturated heterocycles. The van der Waals surface area contributed by atoms with E-state index in [9.17, 15) is 0 Å². The van der Waals surface area contributed by atoms with Crippen molar-refractivity contribution in [3.05, 3.63) is 28.2 Å². The summed E-state index contributed by atoms with van der Waals surface area (Å²) in [6, 6.07) is 5.53. The van der Waals surface area contributed by atoms with Crippen LogP contribution in [0.5, 0.6) is 0 Å². The third-order valence-corrected chi connectivity index (χ3v) is 3.77. The largest absolute Gasteiger partial charge is 0.178 e. The maximum Gasteiger partial charge on any atom is 0.0556 e. The smallest absolute Gasteiger partial charge is 0.0556 e. The van der Waals surface area contributed by atoms with Gasteiger partial charge in [-0.1, -0.05) is 29.3 Å². The van der Waals surface area contributed by atoms with E-state index in [1.807, 2.05) is 18.2 Å². The van der Waals surface area contributed by atoms with Crippen LogP contribution in [-0.2, 0) is 0 Å². The van der Waals surface area contributed by atoms with Crippen molar-refractivity contribution < 1.29 is 0 Å². The Balaban J connectivity index is 2.81. The van der Waals surface area contributed by atoms with E-state index >= 15 is 0 Å². The van der Waals surface area contributed by atoms with Crippen LogP contribution < -0.4 is 0 Å². The molecule has 0 N–H and O–H groups in total. The molecule has 0 heterocycles. The third kappa shape index (κ3) is 2.77. The van der Waals surface area contributed by atoms with Crippen LogP contribution in [-0.4, -0.2) is 11.5 Å². The molecule has 0 fully saturated rings. The van der Waals surface area contributed by atoms with Gasteiger partial charge in [0.25, 0.3) is 0 Å². The summed E-state index contributed by atoms with van der Waals surface area (Å²) in [5, 5.41) is 1.43. The minimum absolute atomic E-state index is 0.717. The molecule has 0 spiro atoms. The van der Waals surface area contributed by atoms with Crippen LogP contribution in [0.1, 0.15) is 0 Å². The van der Waals surface area contributed by atoms with Gasteiger partial charge in [0.1, 0.15) is 0 Å². The highest BCUT2D eigenvalue weighted by Gasteiger charge is 2.04. The topological polar surface area (TPSA) is 0 Å². The summed E-state index contributed by atoms with van der Waals surface area (Å²) in [6.45, 7) is 0. The lowest BCUT2D eigenvalue weighted by Crippen LogP contribution is -1.81. The minimum Gasteiger partial charge on any atom is -0.178 e. The van der Waals surface area contributed by atoms with Crippen molar-refractivity contribution in [2.24, 2.45) is 0 Å². The molecule has 0 aliphatic heterocycles. The number of halogens is 2. The molecular weight excluding hydrogens is 231 g/mol. The Labute approximate surface area is 92.0 Å². The number of benzene rings is 1. The lowest BCUT2D eigenvalue weighted by Gasteiger charge is -2.04. The first-order chi connectivity index (χ1) is 5.75. The summed E-state index contributed by atoms with van der Waals surface area (Å²) in [5.74, 6) is 1.75. The van der Waals surface area contributed by atoms with Gasteiger partial charge >= 0.3 is 0 Å². The van der Waals surface area contributed by atoms with Crippen LogP contribution in [0.3, 0.4) is 0 Å². The van der Waals surface area contributed by atoms with E-state index in [0.717, 1.165) is 16.4 Å². The lowest BCUT2D eigenvalue weighted by molar-refractivity contribution is 1.44. The van der Waals surface area contributed by atoms with Crippen molar-refractivity contribution in [1.29, 1.82) is 0 Å². The second kappa shape index (κ2) is 5.28. The van der Waals surface area contributed by atoms with Gasteiger partial charge < -0.3 is 0 Å². The molecule has 0 unspecified atom stereocenters. The van der Waals surface area contributed by atoms with Gasteiger partial charge in [-0.05, 0) is 17.9 Å². The lowest BCUT2D eigenvalue weighted by atomic mass is 10.4. The number of thiol groups is 1. The molecule has 0 aliphatic carbocycles. The molecule has 0 radical (unpaired) electrons. The Morgan fingerprint density at radius 1 is 1.25 bits per heavy atom. The molecule has 0 nitrogen and oxygen atoms in total. The minimum atomic E-state index is 0.717. The Morgan fingerprint density at radius 3 is 2.33 bits per heavy atom. The molecule has 12 heavy (non-hydrogen) atoms. The van der Waals surface area contributed by atoms with Crippen molar-refractivity contribution >= 4 is 47.6 Å². The molecule has 1 aromatic rings. The molecule has 0 atom stereocenters. The van der Waals surface area contributed by atoms with Crippen LogP contribution >= 0.6 is 47.6 Å². The van der Waals surface area contributed by atoms with Crippen LogP contribution in [0.25, 0.3) is 0 Å². The summed E-state index contributed by atoms with van der Waals surface area (Å²) in [6.07, 6.45) is 0. The number of rotatable bonds is 3. The van der Waals surface area contributed by atoms with Gasteiger partial charge in [0.2, 0.25) is 0 Å². The molecule has 1 aromatic carbocycles. The first kappa shape index (κ1) is 10.6. The van der Waals surface area contributed by atoms with Crippen LogP contribution in [0, 0.1) is 0 Å². The fourth-order valence-electron chi connectivity index (χ4n) is 0.768. The van der Waals surface area contributed by atoms with E-state index in [1.54, 1.807) is 11.8 Å². The predicted molar refractivity (Wildman–Crippen MR) is 61.0 cm³/mol. The standard InChI is InChI=1S/C8H8Cl2S2/c9-6-2-1-3-7(10)8(6)12-5-4-11/h1-3,11H,4-5H2. The molecular formula is C8H8Cl2S2. The van der Waals surface area contributed by atoms with Crippen molar-refractivity contribution in [3.63, 3.8) is 0 Å². The Hall–Kier alpha value is 0.500. The molecule has 0 bridgehead atoms. The van der Waals surface area contributed by atoms with Gasteiger partial charge in [-0.25, -0.2) is 0 Å². The Bertz CT molecular complexity index is 243. The summed E-state index contributed by atoms with van der Waals surface area (Å²) in [7, 11) is 0. The Morgan fingerprint density at radius 2 is 1.83 bits per heavy atom. The molecule has 0 aliphatic rings. The average Bonchev–Trinajstić information content (AvgIpc) is 2.04. The van der Waals surface area contributed by atoms with Crippen LogP contribution in [0.15, 0.2) is 23.1 Å². The summed E-state index contributed by atoms with van der Waals surface area (Å²) >= 11 is 17.6. The quantitative estimate of drug-likeness (QED) is 0.614. The number of hydrogen-bond acceptors (Lipinski definition) is 2. The number of thioether (sulfide) groups is 1. The van der Waals surface area contributed by atoms with Gasteiger partial charge in [-0.15, -0.1) is 11.8 Å². The SMILES string of the molecule is SCCSc1c(Cl)cccc1Cl. The highest BCUT2D eigenvalue weighted by atomic mass is 35.5. The van der Waals surface area contributed by atoms with E-state index in [-0.39, 0.29) is 0 Å². The molecule has 4 heteroatoms. The normalized spacial score (nSPS) is 10.2. The predicted octanol–water partition coefficient (Wildman–Crippen LogP) is 4.02. The summed E-state index contributed by atoms with van der Waals surface area (Å²) < 4.78 is 0. The van der Waals surface area contributed by atoms with Crippen molar-refractivity contribution in [1.82, 2.24) is 0 Å². The zero-order chi connectivity index (χ0) is 8.97. The van der Waals surface area contributed by atoms with Crippen LogP contribution in [0.4, 0.5) is 0 Å². The first-order valence-corrected chi connectivity index (χ1v) is 5.80. The first-order valence-electron chi connectivity index (χ1n) is 3.43. The average molecular weight is 239 g/mol. The third-order valence-electron chi connectivity index (χ3n) is 1.26.